The van der Waals surface area contributed by atoms with E-state index in [1.54, 1.807) is 0 Å². The number of amides is 1. The van der Waals surface area contributed by atoms with E-state index in [9.17, 15) is 4.79 Å². The van der Waals surface area contributed by atoms with E-state index in [4.69, 9.17) is 0 Å². The molecule has 0 aromatic carbocycles. The predicted octanol–water partition coefficient (Wildman–Crippen LogP) is 2.76. The van der Waals surface area contributed by atoms with Crippen LogP contribution in [0.5, 0.6) is 0 Å². The van der Waals surface area contributed by atoms with Crippen molar-refractivity contribution in [3.63, 3.8) is 0 Å². The smallest absolute Gasteiger partial charge is 0.241 e. The van der Waals surface area contributed by atoms with Crippen molar-refractivity contribution in [2.24, 2.45) is 11.8 Å². The Morgan fingerprint density at radius 1 is 1.33 bits per heavy atom. The molecule has 1 saturated heterocycles. The Bertz CT molecular complexity index is 299. The SMILES string of the molecule is CCC1NC(CC(C)C)N(C(C)C2CCC2)C1=O. The summed E-state index contributed by atoms with van der Waals surface area (Å²) in [5.41, 5.74) is 0. The van der Waals surface area contributed by atoms with Crippen LogP contribution in [0, 0.1) is 11.8 Å². The van der Waals surface area contributed by atoms with E-state index in [1.807, 2.05) is 0 Å². The molecule has 104 valence electrons. The maximum Gasteiger partial charge on any atom is 0.241 e. The first-order valence-corrected chi connectivity index (χ1v) is 7.62. The highest BCUT2D eigenvalue weighted by atomic mass is 16.2. The van der Waals surface area contributed by atoms with Crippen LogP contribution in [-0.4, -0.2) is 29.1 Å². The van der Waals surface area contributed by atoms with E-state index in [0.29, 0.717) is 17.9 Å². The van der Waals surface area contributed by atoms with Gasteiger partial charge in [-0.1, -0.05) is 27.2 Å². The largest absolute Gasteiger partial charge is 0.323 e. The van der Waals surface area contributed by atoms with Gasteiger partial charge in [0.25, 0.3) is 0 Å². The molecule has 1 saturated carbocycles. The number of hydrogen-bond acceptors (Lipinski definition) is 2. The van der Waals surface area contributed by atoms with Gasteiger partial charge in [-0.05, 0) is 44.4 Å². The highest BCUT2D eigenvalue weighted by molar-refractivity contribution is 5.84. The van der Waals surface area contributed by atoms with E-state index >= 15 is 0 Å². The van der Waals surface area contributed by atoms with Gasteiger partial charge >= 0.3 is 0 Å². The van der Waals surface area contributed by atoms with Gasteiger partial charge in [0.05, 0.1) is 12.2 Å². The molecule has 0 aromatic heterocycles. The zero-order valence-electron chi connectivity index (χ0n) is 12.3. The molecular weight excluding hydrogens is 224 g/mol. The molecule has 2 rings (SSSR count). The van der Waals surface area contributed by atoms with Gasteiger partial charge in [-0.15, -0.1) is 0 Å². The van der Waals surface area contributed by atoms with Crippen LogP contribution < -0.4 is 5.32 Å². The molecule has 0 bridgehead atoms. The molecule has 0 aromatic rings. The maximum absolute atomic E-state index is 12.5. The summed E-state index contributed by atoms with van der Waals surface area (Å²) >= 11 is 0. The number of carbonyl (C=O) groups excluding carboxylic acids is 1. The summed E-state index contributed by atoms with van der Waals surface area (Å²) in [6, 6.07) is 0.468. The number of nitrogens with one attached hydrogen (secondary N) is 1. The molecule has 3 unspecified atom stereocenters. The molecule has 1 N–H and O–H groups in total. The molecule has 18 heavy (non-hydrogen) atoms. The second-order valence-corrected chi connectivity index (χ2v) is 6.45. The molecular formula is C15H28N2O. The normalized spacial score (nSPS) is 30.9. The van der Waals surface area contributed by atoms with Gasteiger partial charge in [-0.2, -0.15) is 0 Å². The summed E-state index contributed by atoms with van der Waals surface area (Å²) < 4.78 is 0. The summed E-state index contributed by atoms with van der Waals surface area (Å²) in [7, 11) is 0. The summed E-state index contributed by atoms with van der Waals surface area (Å²) in [5, 5.41) is 3.53. The number of nitrogens with zero attached hydrogens (tertiary/aromatic N) is 1. The second-order valence-electron chi connectivity index (χ2n) is 6.45. The third-order valence-corrected chi connectivity index (χ3v) is 4.66. The molecule has 1 aliphatic carbocycles. The van der Waals surface area contributed by atoms with Crippen LogP contribution in [0.3, 0.4) is 0 Å². The lowest BCUT2D eigenvalue weighted by Gasteiger charge is -2.40. The first kappa shape index (κ1) is 13.9. The lowest BCUT2D eigenvalue weighted by Crippen LogP contribution is -2.48. The van der Waals surface area contributed by atoms with Crippen LogP contribution in [0.4, 0.5) is 0 Å². The van der Waals surface area contributed by atoms with Gasteiger partial charge in [-0.25, -0.2) is 0 Å². The highest BCUT2D eigenvalue weighted by Gasteiger charge is 2.43. The zero-order valence-corrected chi connectivity index (χ0v) is 12.3. The van der Waals surface area contributed by atoms with Crippen molar-refractivity contribution in [3.05, 3.63) is 0 Å². The van der Waals surface area contributed by atoms with Gasteiger partial charge in [-0.3, -0.25) is 10.1 Å². The summed E-state index contributed by atoms with van der Waals surface area (Å²) in [6.07, 6.45) is 6.18. The number of carbonyl (C=O) groups is 1. The van der Waals surface area contributed by atoms with Gasteiger partial charge < -0.3 is 4.90 Å². The number of rotatable bonds is 5. The van der Waals surface area contributed by atoms with E-state index in [1.165, 1.54) is 19.3 Å². The Balaban J connectivity index is 2.08. The average Bonchev–Trinajstić information content (AvgIpc) is 2.51. The standard InChI is InChI=1S/C15H28N2O/c1-5-13-15(18)17(11(4)12-7-6-8-12)14(16-13)9-10(2)3/h10-14,16H,5-9H2,1-4H3. The Morgan fingerprint density at radius 2 is 2.00 bits per heavy atom. The topological polar surface area (TPSA) is 32.3 Å². The quantitative estimate of drug-likeness (QED) is 0.816. The summed E-state index contributed by atoms with van der Waals surface area (Å²) in [4.78, 5) is 14.6. The molecule has 0 spiro atoms. The Kier molecular flexibility index (Phi) is 4.31. The van der Waals surface area contributed by atoms with Crippen molar-refractivity contribution in [3.8, 4) is 0 Å². The predicted molar refractivity (Wildman–Crippen MR) is 74.1 cm³/mol. The van der Waals surface area contributed by atoms with Gasteiger partial charge in [0.15, 0.2) is 0 Å². The molecule has 3 nitrogen and oxygen atoms in total. The fourth-order valence-corrected chi connectivity index (χ4v) is 3.27. The number of hydrogen-bond donors (Lipinski definition) is 1. The van der Waals surface area contributed by atoms with E-state index in [0.717, 1.165) is 18.8 Å². The first-order chi connectivity index (χ1) is 8.54. The van der Waals surface area contributed by atoms with Crippen LogP contribution >= 0.6 is 0 Å². The third-order valence-electron chi connectivity index (χ3n) is 4.66. The highest BCUT2D eigenvalue weighted by Crippen LogP contribution is 2.35. The maximum atomic E-state index is 12.5. The molecule has 0 radical (unpaired) electrons. The minimum atomic E-state index is 0.0521. The van der Waals surface area contributed by atoms with Gasteiger partial charge in [0, 0.05) is 6.04 Å². The van der Waals surface area contributed by atoms with Crippen molar-refractivity contribution in [1.29, 1.82) is 0 Å². The van der Waals surface area contributed by atoms with E-state index < -0.39 is 0 Å². The minimum absolute atomic E-state index is 0.0521. The van der Waals surface area contributed by atoms with Crippen LogP contribution in [0.25, 0.3) is 0 Å². The van der Waals surface area contributed by atoms with Gasteiger partial charge in [0.2, 0.25) is 5.91 Å². The molecule has 3 atom stereocenters. The van der Waals surface area contributed by atoms with Crippen molar-refractivity contribution in [1.82, 2.24) is 10.2 Å². The molecule has 3 heteroatoms. The average molecular weight is 252 g/mol. The molecule has 2 fully saturated rings. The van der Waals surface area contributed by atoms with Crippen LogP contribution in [0.1, 0.15) is 59.8 Å². The van der Waals surface area contributed by atoms with E-state index in [-0.39, 0.29) is 12.2 Å². The Hall–Kier alpha value is -0.570. The lowest BCUT2D eigenvalue weighted by molar-refractivity contribution is -0.134. The fraction of sp³-hybridized carbons (Fsp3) is 0.933. The lowest BCUT2D eigenvalue weighted by atomic mass is 9.79. The Morgan fingerprint density at radius 3 is 2.44 bits per heavy atom. The second kappa shape index (κ2) is 5.60. The molecule has 1 heterocycles. The zero-order chi connectivity index (χ0) is 13.3. The summed E-state index contributed by atoms with van der Waals surface area (Å²) in [6.45, 7) is 8.81. The minimum Gasteiger partial charge on any atom is -0.323 e. The van der Waals surface area contributed by atoms with Crippen molar-refractivity contribution < 1.29 is 4.79 Å². The van der Waals surface area contributed by atoms with Crippen LogP contribution in [-0.2, 0) is 4.79 Å². The fourth-order valence-electron chi connectivity index (χ4n) is 3.27. The monoisotopic (exact) mass is 252 g/mol. The van der Waals surface area contributed by atoms with E-state index in [2.05, 4.69) is 37.9 Å². The van der Waals surface area contributed by atoms with Gasteiger partial charge in [0.1, 0.15) is 0 Å². The third kappa shape index (κ3) is 2.56. The van der Waals surface area contributed by atoms with Crippen LogP contribution in [0.2, 0.25) is 0 Å². The summed E-state index contributed by atoms with van der Waals surface area (Å²) in [5.74, 6) is 1.70. The first-order valence-electron chi connectivity index (χ1n) is 7.62. The van der Waals surface area contributed by atoms with Crippen LogP contribution in [0.15, 0.2) is 0 Å². The molecule has 1 amide bonds. The molecule has 2 aliphatic rings. The molecule has 1 aliphatic heterocycles. The van der Waals surface area contributed by atoms with Crippen molar-refractivity contribution in [2.45, 2.75) is 78.0 Å². The Labute approximate surface area is 111 Å². The van der Waals surface area contributed by atoms with Crippen molar-refractivity contribution >= 4 is 5.91 Å². The van der Waals surface area contributed by atoms with Crippen molar-refractivity contribution in [2.75, 3.05) is 0 Å².